The first kappa shape index (κ1) is 17.9. The summed E-state index contributed by atoms with van der Waals surface area (Å²) in [4.78, 5) is 27.9. The maximum absolute atomic E-state index is 13.1. The van der Waals surface area contributed by atoms with E-state index in [9.17, 15) is 19.8 Å². The molecule has 2 aromatic carbocycles. The first-order valence-corrected chi connectivity index (χ1v) is 8.61. The van der Waals surface area contributed by atoms with Crippen molar-refractivity contribution in [1.29, 1.82) is 0 Å². The standard InChI is InChI=1S/C20H22N2O4/c23-17-11-12-21(14-17)19(24)18(16-9-5-2-6-10-16)22(20(25)26)13-15-7-3-1-4-8-15/h1-10,17-18,23H,11-14H2,(H,25,26)/t17-,18-/m0/s1. The fraction of sp³-hybridized carbons (Fsp3) is 0.300. The lowest BCUT2D eigenvalue weighted by Crippen LogP contribution is -2.44. The van der Waals surface area contributed by atoms with Crippen molar-refractivity contribution in [3.05, 3.63) is 71.8 Å². The molecule has 2 aromatic rings. The van der Waals surface area contributed by atoms with Crippen molar-refractivity contribution in [2.45, 2.75) is 25.1 Å². The van der Waals surface area contributed by atoms with Crippen LogP contribution in [0.3, 0.4) is 0 Å². The van der Waals surface area contributed by atoms with Gasteiger partial charge >= 0.3 is 6.09 Å². The van der Waals surface area contributed by atoms with Crippen LogP contribution in [0.1, 0.15) is 23.6 Å². The summed E-state index contributed by atoms with van der Waals surface area (Å²) in [5.41, 5.74) is 1.43. The quantitative estimate of drug-likeness (QED) is 0.864. The van der Waals surface area contributed by atoms with Crippen LogP contribution in [0, 0.1) is 0 Å². The van der Waals surface area contributed by atoms with E-state index in [1.54, 1.807) is 29.2 Å². The number of rotatable bonds is 5. The summed E-state index contributed by atoms with van der Waals surface area (Å²) in [6.45, 7) is 0.779. The Bertz CT molecular complexity index is 751. The van der Waals surface area contributed by atoms with Crippen LogP contribution in [0.4, 0.5) is 4.79 Å². The number of hydrogen-bond acceptors (Lipinski definition) is 3. The fourth-order valence-corrected chi connectivity index (χ4v) is 3.26. The van der Waals surface area contributed by atoms with Crippen molar-refractivity contribution < 1.29 is 19.8 Å². The van der Waals surface area contributed by atoms with Gasteiger partial charge in [0.05, 0.1) is 12.6 Å². The van der Waals surface area contributed by atoms with E-state index in [1.165, 1.54) is 0 Å². The third kappa shape index (κ3) is 4.03. The number of nitrogens with zero attached hydrogens (tertiary/aromatic N) is 2. The maximum atomic E-state index is 13.1. The second-order valence-corrected chi connectivity index (χ2v) is 6.44. The Morgan fingerprint density at radius 1 is 1.08 bits per heavy atom. The summed E-state index contributed by atoms with van der Waals surface area (Å²) >= 11 is 0. The Kier molecular flexibility index (Phi) is 5.53. The number of carbonyl (C=O) groups is 2. The molecule has 2 amide bonds. The van der Waals surface area contributed by atoms with E-state index in [1.807, 2.05) is 36.4 Å². The highest BCUT2D eigenvalue weighted by molar-refractivity contribution is 5.87. The van der Waals surface area contributed by atoms with Gasteiger partial charge in [-0.15, -0.1) is 0 Å². The molecule has 1 saturated heterocycles. The summed E-state index contributed by atoms with van der Waals surface area (Å²) < 4.78 is 0. The van der Waals surface area contributed by atoms with Gasteiger partial charge in [-0.2, -0.15) is 0 Å². The van der Waals surface area contributed by atoms with Crippen molar-refractivity contribution in [2.75, 3.05) is 13.1 Å². The van der Waals surface area contributed by atoms with Crippen molar-refractivity contribution >= 4 is 12.0 Å². The zero-order chi connectivity index (χ0) is 18.5. The molecule has 0 bridgehead atoms. The lowest BCUT2D eigenvalue weighted by molar-refractivity contribution is -0.136. The second kappa shape index (κ2) is 8.01. The monoisotopic (exact) mass is 354 g/mol. The van der Waals surface area contributed by atoms with Crippen LogP contribution in [0.25, 0.3) is 0 Å². The number of aliphatic hydroxyl groups excluding tert-OH is 1. The highest BCUT2D eigenvalue weighted by Gasteiger charge is 2.36. The van der Waals surface area contributed by atoms with Crippen LogP contribution in [-0.2, 0) is 11.3 Å². The minimum atomic E-state index is -1.16. The highest BCUT2D eigenvalue weighted by Crippen LogP contribution is 2.27. The number of aliphatic hydroxyl groups is 1. The molecule has 1 aliphatic rings. The fourth-order valence-electron chi connectivity index (χ4n) is 3.26. The normalized spacial score (nSPS) is 17.7. The van der Waals surface area contributed by atoms with Crippen LogP contribution >= 0.6 is 0 Å². The van der Waals surface area contributed by atoms with Crippen molar-refractivity contribution in [3.8, 4) is 0 Å². The van der Waals surface area contributed by atoms with E-state index < -0.39 is 18.2 Å². The number of hydrogen-bond donors (Lipinski definition) is 2. The van der Waals surface area contributed by atoms with E-state index in [0.29, 0.717) is 18.5 Å². The van der Waals surface area contributed by atoms with Gasteiger partial charge in [0.1, 0.15) is 6.04 Å². The molecule has 26 heavy (non-hydrogen) atoms. The van der Waals surface area contributed by atoms with Gasteiger partial charge in [-0.1, -0.05) is 60.7 Å². The molecule has 2 N–H and O–H groups in total. The Morgan fingerprint density at radius 3 is 2.23 bits per heavy atom. The van der Waals surface area contributed by atoms with Crippen LogP contribution in [0.5, 0.6) is 0 Å². The molecular weight excluding hydrogens is 332 g/mol. The number of carboxylic acid groups (broad SMARTS) is 1. The van der Waals surface area contributed by atoms with Crippen molar-refractivity contribution in [2.24, 2.45) is 0 Å². The Labute approximate surface area is 152 Å². The van der Waals surface area contributed by atoms with Crippen LogP contribution in [-0.4, -0.2) is 51.2 Å². The van der Waals surface area contributed by atoms with E-state index >= 15 is 0 Å². The van der Waals surface area contributed by atoms with E-state index in [4.69, 9.17) is 0 Å². The number of amides is 2. The van der Waals surface area contributed by atoms with Gasteiger partial charge in [-0.25, -0.2) is 4.79 Å². The molecule has 0 radical (unpaired) electrons. The molecule has 0 aliphatic carbocycles. The molecule has 1 aliphatic heterocycles. The predicted octanol–water partition coefficient (Wildman–Crippen LogP) is 2.50. The zero-order valence-corrected chi connectivity index (χ0v) is 14.4. The lowest BCUT2D eigenvalue weighted by Gasteiger charge is -2.32. The van der Waals surface area contributed by atoms with E-state index in [2.05, 4.69) is 0 Å². The van der Waals surface area contributed by atoms with Crippen LogP contribution < -0.4 is 0 Å². The SMILES string of the molecule is O=C([C@H](c1ccccc1)N(Cc1ccccc1)C(=O)O)N1CC[C@H](O)C1. The van der Waals surface area contributed by atoms with Gasteiger partial charge in [-0.3, -0.25) is 9.69 Å². The molecule has 0 unspecified atom stereocenters. The lowest BCUT2D eigenvalue weighted by atomic mass is 10.0. The van der Waals surface area contributed by atoms with Gasteiger partial charge in [0.2, 0.25) is 5.91 Å². The molecule has 6 heteroatoms. The first-order valence-electron chi connectivity index (χ1n) is 8.61. The maximum Gasteiger partial charge on any atom is 0.408 e. The molecule has 3 rings (SSSR count). The Balaban J connectivity index is 1.94. The average Bonchev–Trinajstić information content (AvgIpc) is 3.09. The highest BCUT2D eigenvalue weighted by atomic mass is 16.4. The largest absolute Gasteiger partial charge is 0.465 e. The second-order valence-electron chi connectivity index (χ2n) is 6.44. The predicted molar refractivity (Wildman–Crippen MR) is 96.4 cm³/mol. The molecule has 0 spiro atoms. The summed E-state index contributed by atoms with van der Waals surface area (Å²) in [6.07, 6.45) is -1.20. The molecular formula is C20H22N2O4. The number of β-amino-alcohol motifs (C(OH)–C–C–N with tert-alkyl or cyclic N) is 1. The van der Waals surface area contributed by atoms with Crippen LogP contribution in [0.15, 0.2) is 60.7 Å². The van der Waals surface area contributed by atoms with E-state index in [0.717, 1.165) is 10.5 Å². The van der Waals surface area contributed by atoms with Gasteiger partial charge in [0.15, 0.2) is 0 Å². The summed E-state index contributed by atoms with van der Waals surface area (Å²) in [5.74, 6) is -0.300. The third-order valence-corrected chi connectivity index (χ3v) is 4.58. The summed E-state index contributed by atoms with van der Waals surface area (Å²) in [6, 6.07) is 17.2. The Morgan fingerprint density at radius 2 is 1.69 bits per heavy atom. The van der Waals surface area contributed by atoms with Crippen LogP contribution in [0.2, 0.25) is 0 Å². The minimum absolute atomic E-state index is 0.109. The molecule has 1 fully saturated rings. The number of benzene rings is 2. The Hall–Kier alpha value is -2.86. The number of likely N-dealkylation sites (tertiary alicyclic amines) is 1. The van der Waals surface area contributed by atoms with Gasteiger partial charge in [0.25, 0.3) is 0 Å². The topological polar surface area (TPSA) is 81.1 Å². The van der Waals surface area contributed by atoms with E-state index in [-0.39, 0.29) is 19.0 Å². The average molecular weight is 354 g/mol. The summed E-state index contributed by atoms with van der Waals surface area (Å²) in [5, 5.41) is 19.6. The zero-order valence-electron chi connectivity index (χ0n) is 14.4. The molecule has 0 saturated carbocycles. The molecule has 2 atom stereocenters. The summed E-state index contributed by atoms with van der Waals surface area (Å²) in [7, 11) is 0. The molecule has 0 aromatic heterocycles. The molecule has 1 heterocycles. The van der Waals surface area contributed by atoms with Gasteiger partial charge in [-0.05, 0) is 17.5 Å². The van der Waals surface area contributed by atoms with Gasteiger partial charge in [0, 0.05) is 13.1 Å². The molecule has 6 nitrogen and oxygen atoms in total. The van der Waals surface area contributed by atoms with Crippen molar-refractivity contribution in [3.63, 3.8) is 0 Å². The number of carbonyl (C=O) groups excluding carboxylic acids is 1. The minimum Gasteiger partial charge on any atom is -0.465 e. The molecule has 136 valence electrons. The first-order chi connectivity index (χ1) is 12.6. The smallest absolute Gasteiger partial charge is 0.408 e. The van der Waals surface area contributed by atoms with Crippen molar-refractivity contribution in [1.82, 2.24) is 9.80 Å². The third-order valence-electron chi connectivity index (χ3n) is 4.58. The van der Waals surface area contributed by atoms with Gasteiger partial charge < -0.3 is 15.1 Å².